The van der Waals surface area contributed by atoms with Gasteiger partial charge in [0.1, 0.15) is 18.0 Å². The topological polar surface area (TPSA) is 87.3 Å². The fourth-order valence-corrected chi connectivity index (χ4v) is 1.45. The average Bonchev–Trinajstić information content (AvgIpc) is 2.45. The van der Waals surface area contributed by atoms with Crippen molar-refractivity contribution in [3.05, 3.63) is 69.5 Å². The van der Waals surface area contributed by atoms with Gasteiger partial charge in [-0.05, 0) is 29.8 Å². The van der Waals surface area contributed by atoms with E-state index in [1.165, 1.54) is 12.4 Å². The number of ether oxygens (including phenoxy) is 1. The molecule has 6 heteroatoms. The van der Waals surface area contributed by atoms with Crippen molar-refractivity contribution in [1.82, 2.24) is 9.97 Å². The minimum Gasteiger partial charge on any atom is -0.490 e. The molecule has 0 bridgehead atoms. The van der Waals surface area contributed by atoms with Crippen LogP contribution in [0.1, 0.15) is 5.56 Å². The Morgan fingerprint density at radius 1 is 1.25 bits per heavy atom. The Morgan fingerprint density at radius 3 is 2.65 bits per heavy atom. The van der Waals surface area contributed by atoms with Crippen LogP contribution in [-0.2, 0) is 0 Å². The first-order valence-corrected chi connectivity index (χ1v) is 5.89. The highest BCUT2D eigenvalue weighted by molar-refractivity contribution is 5.81. The molecule has 0 amide bonds. The zero-order valence-corrected chi connectivity index (χ0v) is 10.6. The first kappa shape index (κ1) is 13.5. The van der Waals surface area contributed by atoms with Crippen molar-refractivity contribution in [2.45, 2.75) is 0 Å². The second-order valence-electron chi connectivity index (χ2n) is 3.88. The van der Waals surface area contributed by atoms with E-state index in [2.05, 4.69) is 21.5 Å². The van der Waals surface area contributed by atoms with Gasteiger partial charge in [-0.2, -0.15) is 0 Å². The number of H-pyrrole nitrogens is 2. The third-order valence-corrected chi connectivity index (χ3v) is 2.40. The third kappa shape index (κ3) is 3.55. The summed E-state index contributed by atoms with van der Waals surface area (Å²) in [6.07, 6.45) is 4.46. The quantitative estimate of drug-likeness (QED) is 0.636. The van der Waals surface area contributed by atoms with E-state index < -0.39 is 11.2 Å². The van der Waals surface area contributed by atoms with E-state index in [9.17, 15) is 9.59 Å². The maximum Gasteiger partial charge on any atom is 0.325 e. The van der Waals surface area contributed by atoms with Crippen LogP contribution in [0.5, 0.6) is 5.75 Å². The fourth-order valence-electron chi connectivity index (χ4n) is 1.45. The number of aromatic nitrogens is 2. The normalized spacial score (nSPS) is 10.6. The smallest absolute Gasteiger partial charge is 0.325 e. The summed E-state index contributed by atoms with van der Waals surface area (Å²) in [6.45, 7) is 4.01. The molecule has 2 aromatic rings. The molecule has 2 N–H and O–H groups in total. The summed E-state index contributed by atoms with van der Waals surface area (Å²) in [6, 6.07) is 7.20. The molecule has 0 unspecified atom stereocenters. The lowest BCUT2D eigenvalue weighted by atomic mass is 10.2. The van der Waals surface area contributed by atoms with Gasteiger partial charge in [-0.1, -0.05) is 12.7 Å². The van der Waals surface area contributed by atoms with Gasteiger partial charge in [0.25, 0.3) is 5.56 Å². The van der Waals surface area contributed by atoms with Crippen molar-refractivity contribution in [3.63, 3.8) is 0 Å². The first-order chi connectivity index (χ1) is 9.69. The number of nitrogens with zero attached hydrogens (tertiary/aromatic N) is 1. The minimum atomic E-state index is -0.558. The molecule has 0 saturated heterocycles. The number of aliphatic imine (C=N–C) groups is 1. The highest BCUT2D eigenvalue weighted by atomic mass is 16.5. The van der Waals surface area contributed by atoms with Gasteiger partial charge in [-0.25, -0.2) is 9.79 Å². The van der Waals surface area contributed by atoms with Gasteiger partial charge in [0.15, 0.2) is 0 Å². The van der Waals surface area contributed by atoms with Crippen molar-refractivity contribution in [1.29, 1.82) is 0 Å². The zero-order valence-electron chi connectivity index (χ0n) is 10.6. The third-order valence-electron chi connectivity index (χ3n) is 2.40. The van der Waals surface area contributed by atoms with E-state index in [1.807, 2.05) is 12.1 Å². The molecule has 0 saturated carbocycles. The maximum absolute atomic E-state index is 11.4. The van der Waals surface area contributed by atoms with E-state index >= 15 is 0 Å². The van der Waals surface area contributed by atoms with Crippen LogP contribution in [0.2, 0.25) is 0 Å². The van der Waals surface area contributed by atoms with Crippen LogP contribution in [0.3, 0.4) is 0 Å². The van der Waals surface area contributed by atoms with Crippen molar-refractivity contribution >= 4 is 11.9 Å². The Bertz CT molecular complexity index is 726. The van der Waals surface area contributed by atoms with E-state index in [0.29, 0.717) is 6.61 Å². The minimum absolute atomic E-state index is 0.136. The summed E-state index contributed by atoms with van der Waals surface area (Å²) >= 11 is 0. The van der Waals surface area contributed by atoms with E-state index in [4.69, 9.17) is 4.74 Å². The summed E-state index contributed by atoms with van der Waals surface area (Å²) < 4.78 is 5.35. The molecule has 0 fully saturated rings. The molecule has 0 spiro atoms. The molecular weight excluding hydrogens is 258 g/mol. The van der Waals surface area contributed by atoms with Gasteiger partial charge in [-0.15, -0.1) is 0 Å². The predicted octanol–water partition coefficient (Wildman–Crippen LogP) is 1.38. The molecule has 1 heterocycles. The molecule has 0 aliphatic rings. The number of hydrogen-bond donors (Lipinski definition) is 2. The van der Waals surface area contributed by atoms with E-state index in [1.54, 1.807) is 18.2 Å². The fraction of sp³-hybridized carbons (Fsp3) is 0.0714. The van der Waals surface area contributed by atoms with Gasteiger partial charge in [-0.3, -0.25) is 9.78 Å². The van der Waals surface area contributed by atoms with Crippen LogP contribution in [0.15, 0.2) is 57.7 Å². The van der Waals surface area contributed by atoms with Crippen LogP contribution in [0, 0.1) is 0 Å². The number of rotatable bonds is 5. The number of aromatic amines is 2. The van der Waals surface area contributed by atoms with Crippen LogP contribution in [0.4, 0.5) is 5.69 Å². The summed E-state index contributed by atoms with van der Waals surface area (Å²) in [7, 11) is 0. The number of benzene rings is 1. The van der Waals surface area contributed by atoms with Crippen LogP contribution in [-0.4, -0.2) is 22.8 Å². The SMILES string of the molecule is C=CCOc1ccc(C=Nc2c[nH]c(=O)[nH]c2=O)cc1. The highest BCUT2D eigenvalue weighted by Crippen LogP contribution is 2.11. The number of nitrogens with one attached hydrogen (secondary N) is 2. The average molecular weight is 271 g/mol. The lowest BCUT2D eigenvalue weighted by Crippen LogP contribution is -2.20. The van der Waals surface area contributed by atoms with Crippen molar-refractivity contribution in [2.75, 3.05) is 6.61 Å². The molecule has 0 aliphatic carbocycles. The molecule has 0 radical (unpaired) electrons. The van der Waals surface area contributed by atoms with Crippen molar-refractivity contribution < 1.29 is 4.74 Å². The molecule has 6 nitrogen and oxygen atoms in total. The molecule has 20 heavy (non-hydrogen) atoms. The Labute approximate surface area is 114 Å². The van der Waals surface area contributed by atoms with E-state index in [0.717, 1.165) is 11.3 Å². The van der Waals surface area contributed by atoms with Gasteiger partial charge in [0.2, 0.25) is 0 Å². The summed E-state index contributed by atoms with van der Waals surface area (Å²) in [5, 5.41) is 0. The zero-order chi connectivity index (χ0) is 14.4. The largest absolute Gasteiger partial charge is 0.490 e. The number of hydrogen-bond acceptors (Lipinski definition) is 4. The standard InChI is InChI=1S/C14H13N3O3/c1-2-7-20-11-5-3-10(4-6-11)8-15-12-9-16-14(19)17-13(12)18/h2-6,8-9H,1,7H2,(H2,16,17,18,19). The Kier molecular flexibility index (Phi) is 4.28. The lowest BCUT2D eigenvalue weighted by molar-refractivity contribution is 0.363. The molecule has 102 valence electrons. The predicted molar refractivity (Wildman–Crippen MR) is 77.1 cm³/mol. The van der Waals surface area contributed by atoms with Gasteiger partial charge in [0, 0.05) is 12.4 Å². The lowest BCUT2D eigenvalue weighted by Gasteiger charge is -2.02. The van der Waals surface area contributed by atoms with Crippen molar-refractivity contribution in [3.8, 4) is 5.75 Å². The van der Waals surface area contributed by atoms with Crippen LogP contribution < -0.4 is 16.0 Å². The monoisotopic (exact) mass is 271 g/mol. The maximum atomic E-state index is 11.4. The summed E-state index contributed by atoms with van der Waals surface area (Å²) in [5.41, 5.74) is -0.147. The van der Waals surface area contributed by atoms with Gasteiger partial charge >= 0.3 is 5.69 Å². The summed E-state index contributed by atoms with van der Waals surface area (Å²) in [4.78, 5) is 30.7. The first-order valence-electron chi connectivity index (χ1n) is 5.89. The van der Waals surface area contributed by atoms with Gasteiger partial charge in [0.05, 0.1) is 0 Å². The molecule has 1 aromatic carbocycles. The highest BCUT2D eigenvalue weighted by Gasteiger charge is 1.97. The Balaban J connectivity index is 2.13. The molecule has 0 atom stereocenters. The van der Waals surface area contributed by atoms with Crippen LogP contribution >= 0.6 is 0 Å². The van der Waals surface area contributed by atoms with Gasteiger partial charge < -0.3 is 9.72 Å². The molecule has 2 rings (SSSR count). The Hall–Kier alpha value is -2.89. The molecule has 1 aromatic heterocycles. The van der Waals surface area contributed by atoms with Crippen molar-refractivity contribution in [2.24, 2.45) is 4.99 Å². The molecule has 0 aliphatic heterocycles. The second-order valence-corrected chi connectivity index (χ2v) is 3.88. The summed E-state index contributed by atoms with van der Waals surface area (Å²) in [5.74, 6) is 0.726. The second kappa shape index (κ2) is 6.33. The van der Waals surface area contributed by atoms with E-state index in [-0.39, 0.29) is 5.69 Å². The van der Waals surface area contributed by atoms with Crippen LogP contribution in [0.25, 0.3) is 0 Å². The Morgan fingerprint density at radius 2 is 2.00 bits per heavy atom. The molecular formula is C14H13N3O3.